The fraction of sp³-hybridized carbons (Fsp3) is 0.344. The first-order chi connectivity index (χ1) is 25.0. The number of amidine groups is 1. The number of benzene rings is 2. The van der Waals surface area contributed by atoms with Crippen LogP contribution in [0.2, 0.25) is 0 Å². The van der Waals surface area contributed by atoms with Gasteiger partial charge in [0.25, 0.3) is 17.9 Å². The van der Waals surface area contributed by atoms with Crippen molar-refractivity contribution in [3.05, 3.63) is 69.6 Å². The summed E-state index contributed by atoms with van der Waals surface area (Å²) in [7, 11) is 0. The molecule has 3 aromatic rings. The maximum Gasteiger partial charge on any atom is 0.490 e. The summed E-state index contributed by atoms with van der Waals surface area (Å²) in [4.78, 5) is 60.8. The minimum absolute atomic E-state index is 0.0390. The van der Waals surface area contributed by atoms with Gasteiger partial charge >= 0.3 is 18.8 Å². The SMILES string of the molecule is CCC(C)NC(=O)c1cc(N)cc(-c2cnc(NC(C)C)c(=O)n2CC(=O)NCc2ccc(C(=N)N)c(O)c2)c1.FC(F)F.O=C(O)C(F)(F)F.O=CO. The first kappa shape index (κ1) is 47.7. The third kappa shape index (κ3) is 17.2. The second-order valence-electron chi connectivity index (χ2n) is 11.0. The van der Waals surface area contributed by atoms with E-state index >= 15 is 0 Å². The molecule has 2 amide bonds. The van der Waals surface area contributed by atoms with Crippen LogP contribution >= 0.6 is 0 Å². The summed E-state index contributed by atoms with van der Waals surface area (Å²) in [5, 5.41) is 40.2. The third-order valence-corrected chi connectivity index (χ3v) is 6.37. The number of aromatic hydroxyl groups is 1. The number of carbonyl (C=O) groups is 4. The zero-order valence-electron chi connectivity index (χ0n) is 29.2. The number of nitrogen functional groups attached to an aromatic ring is 2. The minimum atomic E-state index is -5.08. The second-order valence-corrected chi connectivity index (χ2v) is 11.0. The van der Waals surface area contributed by atoms with Gasteiger partial charge in [0, 0.05) is 35.4 Å². The van der Waals surface area contributed by atoms with Crippen molar-refractivity contribution in [3.63, 3.8) is 0 Å². The van der Waals surface area contributed by atoms with E-state index in [1.807, 2.05) is 27.7 Å². The number of hydrogen-bond acceptors (Lipinski definition) is 10. The molecule has 16 nitrogen and oxygen atoms in total. The zero-order chi connectivity index (χ0) is 41.9. The van der Waals surface area contributed by atoms with Gasteiger partial charge in [0.1, 0.15) is 18.1 Å². The van der Waals surface area contributed by atoms with Crippen molar-refractivity contribution < 1.29 is 60.8 Å². The zero-order valence-corrected chi connectivity index (χ0v) is 29.2. The van der Waals surface area contributed by atoms with Crippen LogP contribution in [-0.4, -0.2) is 79.9 Å². The number of amides is 2. The number of carbonyl (C=O) groups excluding carboxylic acids is 2. The molecule has 1 heterocycles. The van der Waals surface area contributed by atoms with E-state index in [2.05, 4.69) is 20.9 Å². The highest BCUT2D eigenvalue weighted by Crippen LogP contribution is 2.24. The standard InChI is InChI=1S/C28H36N8O4.C2HF3O2.CHF3.CH2O2/c1-5-16(4)35-27(39)19-9-18(10-20(29)11-19)22-13-33-26(34-15(2)3)28(40)36(22)14-24(38)32-12-17-6-7-21(25(30)31)23(37)8-17;3-2(4,5)1(6)7;2-1(3)4;2-1-3/h6-11,13,15-16,37H,5,12,14,29H2,1-4H3,(H3,30,31)(H,32,38)(H,33,34)(H,35,39);(H,6,7);1H;1H,(H,2,3). The molecule has 0 spiro atoms. The Balaban J connectivity index is 0.00000171. The molecule has 0 bridgehead atoms. The van der Waals surface area contributed by atoms with E-state index < -0.39 is 30.3 Å². The molecule has 1 atom stereocenters. The largest absolute Gasteiger partial charge is 0.507 e. The Morgan fingerprint density at radius 2 is 1.63 bits per heavy atom. The predicted molar refractivity (Wildman–Crippen MR) is 185 cm³/mol. The first-order valence-corrected chi connectivity index (χ1v) is 15.3. The molecule has 54 heavy (non-hydrogen) atoms. The molecule has 2 aromatic carbocycles. The molecular formula is C32H40F6N8O8. The molecule has 1 unspecified atom stereocenters. The van der Waals surface area contributed by atoms with Gasteiger partial charge in [-0.3, -0.25) is 29.2 Å². The number of aliphatic carboxylic acids is 1. The molecule has 1 aromatic heterocycles. The number of nitrogens with one attached hydrogen (secondary N) is 4. The van der Waals surface area contributed by atoms with E-state index in [4.69, 9.17) is 36.7 Å². The number of halogens is 6. The summed E-state index contributed by atoms with van der Waals surface area (Å²) in [6.07, 6.45) is -2.87. The molecule has 0 fully saturated rings. The molecule has 0 aliphatic carbocycles. The summed E-state index contributed by atoms with van der Waals surface area (Å²) >= 11 is 0. The molecule has 0 radical (unpaired) electrons. The lowest BCUT2D eigenvalue weighted by atomic mass is 10.1. The van der Waals surface area contributed by atoms with E-state index in [9.17, 15) is 45.8 Å². The van der Waals surface area contributed by atoms with Crippen molar-refractivity contribution in [3.8, 4) is 17.0 Å². The topological polar surface area (TPSA) is 276 Å². The van der Waals surface area contributed by atoms with Crippen LogP contribution in [0.5, 0.6) is 5.75 Å². The van der Waals surface area contributed by atoms with E-state index in [1.165, 1.54) is 22.9 Å². The number of carboxylic acids is 1. The lowest BCUT2D eigenvalue weighted by molar-refractivity contribution is -0.192. The van der Waals surface area contributed by atoms with Crippen LogP contribution in [-0.2, 0) is 27.5 Å². The number of phenols is 1. The molecule has 0 aliphatic heterocycles. The van der Waals surface area contributed by atoms with E-state index in [0.717, 1.165) is 6.42 Å². The van der Waals surface area contributed by atoms with Gasteiger partial charge in [0.05, 0.1) is 17.5 Å². The lowest BCUT2D eigenvalue weighted by Gasteiger charge is -2.17. The lowest BCUT2D eigenvalue weighted by Crippen LogP contribution is -2.35. The number of rotatable bonds is 11. The van der Waals surface area contributed by atoms with E-state index in [-0.39, 0.29) is 60.5 Å². The Kier molecular flexibility index (Phi) is 19.9. The van der Waals surface area contributed by atoms with Crippen molar-refractivity contribution in [2.24, 2.45) is 5.73 Å². The van der Waals surface area contributed by atoms with Gasteiger partial charge in [-0.1, -0.05) is 13.0 Å². The Morgan fingerprint density at radius 1 is 1.07 bits per heavy atom. The summed E-state index contributed by atoms with van der Waals surface area (Å²) in [5.74, 6) is -3.91. The van der Waals surface area contributed by atoms with Gasteiger partial charge in [-0.05, 0) is 63.1 Å². The van der Waals surface area contributed by atoms with Gasteiger partial charge in [-0.15, -0.1) is 0 Å². The monoisotopic (exact) mass is 778 g/mol. The summed E-state index contributed by atoms with van der Waals surface area (Å²) in [6.45, 7) is 3.38. The van der Waals surface area contributed by atoms with Crippen molar-refractivity contribution in [1.82, 2.24) is 20.2 Å². The summed E-state index contributed by atoms with van der Waals surface area (Å²) in [5.41, 5.74) is 13.2. The number of carboxylic acid groups (broad SMARTS) is 2. The summed E-state index contributed by atoms with van der Waals surface area (Å²) in [6, 6.07) is 9.17. The normalized spacial score (nSPS) is 11.0. The number of phenolic OH excluding ortho intramolecular Hbond substituents is 1. The summed E-state index contributed by atoms with van der Waals surface area (Å²) < 4.78 is 62.0. The van der Waals surface area contributed by atoms with Crippen molar-refractivity contribution in [1.29, 1.82) is 5.41 Å². The number of nitrogens with two attached hydrogens (primary N) is 2. The first-order valence-electron chi connectivity index (χ1n) is 15.3. The number of nitrogens with zero attached hydrogens (tertiary/aromatic N) is 2. The fourth-order valence-corrected chi connectivity index (χ4v) is 3.90. The average molecular weight is 779 g/mol. The molecular weight excluding hydrogens is 738 g/mol. The molecule has 3 rings (SSSR count). The van der Waals surface area contributed by atoms with Crippen molar-refractivity contribution in [2.75, 3.05) is 11.1 Å². The van der Waals surface area contributed by atoms with Crippen LogP contribution < -0.4 is 33.0 Å². The number of aromatic nitrogens is 2. The maximum atomic E-state index is 13.4. The molecule has 0 saturated carbocycles. The van der Waals surface area contributed by atoms with Crippen molar-refractivity contribution >= 4 is 41.6 Å². The smallest absolute Gasteiger partial charge is 0.490 e. The second kappa shape index (κ2) is 22.6. The Morgan fingerprint density at radius 3 is 2.09 bits per heavy atom. The van der Waals surface area contributed by atoms with Crippen molar-refractivity contribution in [2.45, 2.75) is 72.1 Å². The highest BCUT2D eigenvalue weighted by Gasteiger charge is 2.38. The van der Waals surface area contributed by atoms with Crippen LogP contribution in [0.15, 0.2) is 47.4 Å². The fourth-order valence-electron chi connectivity index (χ4n) is 3.90. The van der Waals surface area contributed by atoms with Crippen LogP contribution in [0.25, 0.3) is 11.3 Å². The van der Waals surface area contributed by atoms with Gasteiger partial charge in [-0.2, -0.15) is 26.3 Å². The van der Waals surface area contributed by atoms with Gasteiger partial charge in [0.15, 0.2) is 5.82 Å². The maximum absolute atomic E-state index is 13.4. The van der Waals surface area contributed by atoms with Gasteiger partial charge in [-0.25, -0.2) is 9.78 Å². The van der Waals surface area contributed by atoms with Gasteiger partial charge in [0.2, 0.25) is 5.91 Å². The highest BCUT2D eigenvalue weighted by molar-refractivity contribution is 5.98. The van der Waals surface area contributed by atoms with Crippen LogP contribution in [0.4, 0.5) is 37.8 Å². The van der Waals surface area contributed by atoms with Crippen LogP contribution in [0.1, 0.15) is 55.6 Å². The highest BCUT2D eigenvalue weighted by atomic mass is 19.4. The van der Waals surface area contributed by atoms with Gasteiger partial charge < -0.3 is 42.7 Å². The quantitative estimate of drug-likeness (QED) is 0.0444. The molecule has 298 valence electrons. The molecule has 11 N–H and O–H groups in total. The van der Waals surface area contributed by atoms with E-state index in [1.54, 1.807) is 24.3 Å². The third-order valence-electron chi connectivity index (χ3n) is 6.37. The Labute approximate surface area is 303 Å². The van der Waals surface area contributed by atoms with Crippen LogP contribution in [0, 0.1) is 5.41 Å². The van der Waals surface area contributed by atoms with E-state index in [0.29, 0.717) is 28.1 Å². The molecule has 22 heteroatoms. The number of hydrogen-bond donors (Lipinski definition) is 9. The Bertz CT molecular complexity index is 1800. The average Bonchev–Trinajstić information content (AvgIpc) is 3.05. The predicted octanol–water partition coefficient (Wildman–Crippen LogP) is 3.66. The molecule has 0 saturated heterocycles. The van der Waals surface area contributed by atoms with Crippen LogP contribution in [0.3, 0.4) is 0 Å². The number of alkyl halides is 6. The minimum Gasteiger partial charge on any atom is -0.507 e. The molecule has 0 aliphatic rings. The number of anilines is 2. The Hall–Kier alpha value is -6.35.